The Bertz CT molecular complexity index is 1220. The largest absolute Gasteiger partial charge is 0.363 e. The molecule has 0 spiro atoms. The van der Waals surface area contributed by atoms with Gasteiger partial charge < -0.3 is 4.84 Å². The number of hydrogen-bond donors (Lipinski definition) is 0. The lowest BCUT2D eigenvalue weighted by molar-refractivity contribution is -0.173. The molecule has 1 heterocycles. The summed E-state index contributed by atoms with van der Waals surface area (Å²) in [5, 5.41) is 0.491. The molecular formula is C25H17BrN2O4. The van der Waals surface area contributed by atoms with Gasteiger partial charge in [-0.25, -0.2) is 9.79 Å². The lowest BCUT2D eigenvalue weighted by Crippen LogP contribution is -2.46. The Labute approximate surface area is 192 Å². The van der Waals surface area contributed by atoms with Gasteiger partial charge in [-0.15, -0.1) is 0 Å². The Balaban J connectivity index is 1.68. The predicted octanol–water partition coefficient (Wildman–Crippen LogP) is 4.61. The van der Waals surface area contributed by atoms with E-state index < -0.39 is 17.8 Å². The standard InChI is InChI=1S/C25H17BrN2O4/c26-20-13-11-19(12-14-20)25(31)32-28-23(29)21(15-17-7-3-1-4-8-17)27-22(24(28)30)16-18-9-5-2-6-10-18/h1-15H,16H2/b21-15-. The van der Waals surface area contributed by atoms with Gasteiger partial charge in [0.1, 0.15) is 11.4 Å². The van der Waals surface area contributed by atoms with Gasteiger partial charge in [0, 0.05) is 10.9 Å². The number of imide groups is 1. The van der Waals surface area contributed by atoms with Crippen molar-refractivity contribution in [3.63, 3.8) is 0 Å². The maximum absolute atomic E-state index is 13.0. The van der Waals surface area contributed by atoms with E-state index in [-0.39, 0.29) is 23.4 Å². The molecule has 6 nitrogen and oxygen atoms in total. The van der Waals surface area contributed by atoms with Gasteiger partial charge in [-0.2, -0.15) is 0 Å². The third-order valence-electron chi connectivity index (χ3n) is 4.66. The van der Waals surface area contributed by atoms with Crippen LogP contribution in [0.5, 0.6) is 0 Å². The van der Waals surface area contributed by atoms with Gasteiger partial charge in [0.2, 0.25) is 0 Å². The van der Waals surface area contributed by atoms with E-state index in [2.05, 4.69) is 20.9 Å². The number of halogens is 1. The summed E-state index contributed by atoms with van der Waals surface area (Å²) in [6, 6.07) is 24.8. The normalized spacial score (nSPS) is 15.0. The Morgan fingerprint density at radius 2 is 1.50 bits per heavy atom. The number of carbonyl (C=O) groups excluding carboxylic acids is 3. The molecule has 2 amide bonds. The highest BCUT2D eigenvalue weighted by Gasteiger charge is 2.37. The number of aliphatic imine (C=N–C) groups is 1. The summed E-state index contributed by atoms with van der Waals surface area (Å²) in [6.07, 6.45) is 1.74. The van der Waals surface area contributed by atoms with Crippen LogP contribution >= 0.6 is 15.9 Å². The molecule has 0 radical (unpaired) electrons. The molecule has 32 heavy (non-hydrogen) atoms. The van der Waals surface area contributed by atoms with Crippen molar-refractivity contribution in [1.29, 1.82) is 0 Å². The number of nitrogens with zero attached hydrogens (tertiary/aromatic N) is 2. The number of hydroxylamine groups is 2. The second-order valence-corrected chi connectivity index (χ2v) is 7.87. The molecule has 1 aliphatic rings. The maximum Gasteiger partial charge on any atom is 0.363 e. The van der Waals surface area contributed by atoms with Crippen LogP contribution in [0.2, 0.25) is 0 Å². The fourth-order valence-electron chi connectivity index (χ4n) is 3.06. The van der Waals surface area contributed by atoms with E-state index in [0.717, 1.165) is 15.6 Å². The first kappa shape index (κ1) is 21.4. The van der Waals surface area contributed by atoms with E-state index in [0.29, 0.717) is 5.06 Å². The van der Waals surface area contributed by atoms with Gasteiger partial charge in [-0.3, -0.25) is 9.59 Å². The molecule has 7 heteroatoms. The van der Waals surface area contributed by atoms with Crippen LogP contribution in [-0.4, -0.2) is 28.6 Å². The molecule has 0 saturated heterocycles. The molecule has 0 fully saturated rings. The number of carbonyl (C=O) groups is 3. The molecule has 0 aromatic heterocycles. The van der Waals surface area contributed by atoms with Crippen molar-refractivity contribution in [3.8, 4) is 0 Å². The summed E-state index contributed by atoms with van der Waals surface area (Å²) in [6.45, 7) is 0. The van der Waals surface area contributed by atoms with Crippen molar-refractivity contribution in [2.24, 2.45) is 4.99 Å². The highest BCUT2D eigenvalue weighted by molar-refractivity contribution is 9.10. The average molecular weight is 489 g/mol. The first-order chi connectivity index (χ1) is 15.5. The van der Waals surface area contributed by atoms with E-state index in [1.807, 2.05) is 48.5 Å². The van der Waals surface area contributed by atoms with Crippen molar-refractivity contribution in [1.82, 2.24) is 5.06 Å². The molecule has 0 N–H and O–H groups in total. The van der Waals surface area contributed by atoms with Gasteiger partial charge in [-0.1, -0.05) is 81.7 Å². The number of benzene rings is 3. The number of amides is 2. The molecule has 0 unspecified atom stereocenters. The van der Waals surface area contributed by atoms with Crippen LogP contribution in [0.25, 0.3) is 6.08 Å². The zero-order valence-corrected chi connectivity index (χ0v) is 18.4. The minimum Gasteiger partial charge on any atom is -0.324 e. The molecule has 3 aromatic carbocycles. The molecule has 1 aliphatic heterocycles. The Hall–Kier alpha value is -3.84. The zero-order chi connectivity index (χ0) is 22.5. The first-order valence-electron chi connectivity index (χ1n) is 9.76. The van der Waals surface area contributed by atoms with E-state index in [1.165, 1.54) is 12.1 Å². The van der Waals surface area contributed by atoms with E-state index in [9.17, 15) is 14.4 Å². The molecule has 0 atom stereocenters. The van der Waals surface area contributed by atoms with Gasteiger partial charge in [0.05, 0.1) is 5.56 Å². The highest BCUT2D eigenvalue weighted by atomic mass is 79.9. The van der Waals surface area contributed by atoms with Crippen molar-refractivity contribution in [2.45, 2.75) is 6.42 Å². The summed E-state index contributed by atoms with van der Waals surface area (Å²) in [5.74, 6) is -2.39. The average Bonchev–Trinajstić information content (AvgIpc) is 2.81. The second kappa shape index (κ2) is 9.53. The molecule has 4 rings (SSSR count). The van der Waals surface area contributed by atoms with Crippen LogP contribution in [0.4, 0.5) is 0 Å². The van der Waals surface area contributed by atoms with Crippen molar-refractivity contribution >= 4 is 45.5 Å². The fraction of sp³-hybridized carbons (Fsp3) is 0.0400. The van der Waals surface area contributed by atoms with Crippen LogP contribution in [-0.2, 0) is 20.8 Å². The van der Waals surface area contributed by atoms with E-state index >= 15 is 0 Å². The zero-order valence-electron chi connectivity index (χ0n) is 16.8. The molecule has 0 saturated carbocycles. The summed E-state index contributed by atoms with van der Waals surface area (Å²) in [5.41, 5.74) is 1.88. The van der Waals surface area contributed by atoms with Crippen LogP contribution in [0.3, 0.4) is 0 Å². The Kier molecular flexibility index (Phi) is 6.37. The lowest BCUT2D eigenvalue weighted by atomic mass is 10.1. The van der Waals surface area contributed by atoms with Gasteiger partial charge in [0.15, 0.2) is 0 Å². The lowest BCUT2D eigenvalue weighted by Gasteiger charge is -2.24. The van der Waals surface area contributed by atoms with Crippen LogP contribution in [0.15, 0.2) is 100 Å². The van der Waals surface area contributed by atoms with Crippen molar-refractivity contribution in [2.75, 3.05) is 0 Å². The van der Waals surface area contributed by atoms with Gasteiger partial charge >= 0.3 is 17.8 Å². The fourth-order valence-corrected chi connectivity index (χ4v) is 3.33. The first-order valence-corrected chi connectivity index (χ1v) is 10.6. The van der Waals surface area contributed by atoms with Crippen molar-refractivity contribution < 1.29 is 19.2 Å². The molecular weight excluding hydrogens is 472 g/mol. The number of rotatable bonds is 5. The van der Waals surface area contributed by atoms with Gasteiger partial charge in [-0.05, 0) is 41.5 Å². The Morgan fingerprint density at radius 3 is 2.16 bits per heavy atom. The molecule has 3 aromatic rings. The van der Waals surface area contributed by atoms with Crippen LogP contribution in [0.1, 0.15) is 21.5 Å². The van der Waals surface area contributed by atoms with Crippen LogP contribution < -0.4 is 0 Å². The van der Waals surface area contributed by atoms with E-state index in [1.54, 1.807) is 30.3 Å². The third-order valence-corrected chi connectivity index (χ3v) is 5.19. The summed E-state index contributed by atoms with van der Waals surface area (Å²) in [4.78, 5) is 48.2. The van der Waals surface area contributed by atoms with Crippen LogP contribution in [0, 0.1) is 0 Å². The number of hydrogen-bond acceptors (Lipinski definition) is 5. The summed E-state index contributed by atoms with van der Waals surface area (Å²) >= 11 is 3.30. The van der Waals surface area contributed by atoms with Crippen molar-refractivity contribution in [3.05, 3.63) is 112 Å². The topological polar surface area (TPSA) is 76.0 Å². The molecule has 0 aliphatic carbocycles. The van der Waals surface area contributed by atoms with E-state index in [4.69, 9.17) is 4.84 Å². The van der Waals surface area contributed by atoms with Gasteiger partial charge in [0.25, 0.3) is 0 Å². The molecule has 158 valence electrons. The second-order valence-electron chi connectivity index (χ2n) is 6.95. The summed E-state index contributed by atoms with van der Waals surface area (Å²) in [7, 11) is 0. The highest BCUT2D eigenvalue weighted by Crippen LogP contribution is 2.20. The SMILES string of the molecule is O=C(ON1C(=O)C(Cc2ccccc2)=N/C(=C\c2ccccc2)C1=O)c1ccc(Br)cc1. The maximum atomic E-state index is 13.0. The minimum absolute atomic E-state index is 0.00494. The molecule has 0 bridgehead atoms. The monoisotopic (exact) mass is 488 g/mol. The minimum atomic E-state index is -0.820. The smallest absolute Gasteiger partial charge is 0.324 e. The predicted molar refractivity (Wildman–Crippen MR) is 123 cm³/mol. The summed E-state index contributed by atoms with van der Waals surface area (Å²) < 4.78 is 0.782. The Morgan fingerprint density at radius 1 is 0.875 bits per heavy atom. The quantitative estimate of drug-likeness (QED) is 0.388. The third kappa shape index (κ3) is 4.90.